The van der Waals surface area contributed by atoms with Crippen LogP contribution in [0.4, 0.5) is 5.69 Å². The van der Waals surface area contributed by atoms with Crippen molar-refractivity contribution in [3.05, 3.63) is 59.1 Å². The molecule has 0 bridgehead atoms. The number of hydrogen-bond acceptors (Lipinski definition) is 3. The van der Waals surface area contributed by atoms with Gasteiger partial charge in [0, 0.05) is 42.7 Å². The fourth-order valence-corrected chi connectivity index (χ4v) is 4.24. The molecule has 2 aromatic rings. The molecule has 2 fully saturated rings. The molecular weight excluding hydrogens is 376 g/mol. The van der Waals surface area contributed by atoms with Gasteiger partial charge in [-0.05, 0) is 48.4 Å². The van der Waals surface area contributed by atoms with E-state index in [1.165, 1.54) is 5.56 Å². The van der Waals surface area contributed by atoms with Gasteiger partial charge < -0.3 is 14.5 Å². The number of ether oxygens (including phenoxy) is 1. The van der Waals surface area contributed by atoms with E-state index in [4.69, 9.17) is 16.3 Å². The first-order chi connectivity index (χ1) is 13.5. The highest BCUT2D eigenvalue weighted by atomic mass is 35.5. The molecule has 2 amide bonds. The summed E-state index contributed by atoms with van der Waals surface area (Å²) in [5.74, 6) is 0.964. The van der Waals surface area contributed by atoms with E-state index in [1.807, 2.05) is 29.2 Å². The number of benzene rings is 2. The van der Waals surface area contributed by atoms with Gasteiger partial charge in [-0.25, -0.2) is 0 Å². The van der Waals surface area contributed by atoms with Gasteiger partial charge in [-0.2, -0.15) is 0 Å². The van der Waals surface area contributed by atoms with E-state index in [9.17, 15) is 9.59 Å². The minimum absolute atomic E-state index is 0.00780. The topological polar surface area (TPSA) is 49.9 Å². The molecule has 4 rings (SSSR count). The summed E-state index contributed by atoms with van der Waals surface area (Å²) in [5.41, 5.74) is 2.02. The van der Waals surface area contributed by atoms with E-state index in [1.54, 1.807) is 24.1 Å². The van der Waals surface area contributed by atoms with Crippen LogP contribution in [0.3, 0.4) is 0 Å². The van der Waals surface area contributed by atoms with Crippen molar-refractivity contribution in [1.29, 1.82) is 0 Å². The molecule has 6 heteroatoms. The van der Waals surface area contributed by atoms with Gasteiger partial charge in [-0.1, -0.05) is 23.7 Å². The Kier molecular flexibility index (Phi) is 5.27. The molecule has 5 nitrogen and oxygen atoms in total. The summed E-state index contributed by atoms with van der Waals surface area (Å²) in [5, 5.41) is 0.629. The van der Waals surface area contributed by atoms with Crippen molar-refractivity contribution in [2.75, 3.05) is 31.6 Å². The molecule has 0 radical (unpaired) electrons. The first-order valence-electron chi connectivity index (χ1n) is 9.54. The molecule has 2 heterocycles. The third-order valence-corrected chi connectivity index (χ3v) is 5.95. The Morgan fingerprint density at radius 3 is 2.46 bits per heavy atom. The van der Waals surface area contributed by atoms with Crippen LogP contribution < -0.4 is 9.64 Å². The smallest absolute Gasteiger partial charge is 0.228 e. The second-order valence-electron chi connectivity index (χ2n) is 7.42. The lowest BCUT2D eigenvalue weighted by atomic mass is 9.98. The molecular formula is C22H23ClN2O3. The molecule has 2 atom stereocenters. The molecule has 2 unspecified atom stereocenters. The van der Waals surface area contributed by atoms with Crippen LogP contribution in [-0.4, -0.2) is 43.5 Å². The van der Waals surface area contributed by atoms with Gasteiger partial charge in [0.15, 0.2) is 0 Å². The lowest BCUT2D eigenvalue weighted by Crippen LogP contribution is -2.35. The van der Waals surface area contributed by atoms with Crippen LogP contribution in [0.25, 0.3) is 0 Å². The third kappa shape index (κ3) is 3.72. The van der Waals surface area contributed by atoms with Crippen LogP contribution in [0.15, 0.2) is 48.5 Å². The monoisotopic (exact) mass is 398 g/mol. The lowest BCUT2D eigenvalue weighted by Gasteiger charge is -2.21. The average Bonchev–Trinajstić information content (AvgIpc) is 3.35. The van der Waals surface area contributed by atoms with Crippen LogP contribution in [0.5, 0.6) is 5.75 Å². The number of hydrogen-bond donors (Lipinski definition) is 0. The zero-order valence-electron chi connectivity index (χ0n) is 15.8. The molecule has 0 saturated carbocycles. The van der Waals surface area contributed by atoms with E-state index in [0.29, 0.717) is 24.0 Å². The van der Waals surface area contributed by atoms with Crippen molar-refractivity contribution in [2.24, 2.45) is 5.92 Å². The number of nitrogens with zero attached hydrogens (tertiary/aromatic N) is 2. The van der Waals surface area contributed by atoms with Crippen molar-refractivity contribution in [3.63, 3.8) is 0 Å². The first kappa shape index (κ1) is 18.8. The molecule has 146 valence electrons. The summed E-state index contributed by atoms with van der Waals surface area (Å²) < 4.78 is 5.21. The van der Waals surface area contributed by atoms with Crippen LogP contribution >= 0.6 is 11.6 Å². The summed E-state index contributed by atoms with van der Waals surface area (Å²) in [6.45, 7) is 1.88. The standard InChI is InChI=1S/C22H23ClN2O3/c1-28-20-8-2-15(3-9-20)16-10-11-24(13-16)22(27)17-12-21(26)25(14-17)19-6-4-18(23)5-7-19/h2-9,16-17H,10-14H2,1H3. The molecule has 0 aromatic heterocycles. The number of halogens is 1. The molecule has 2 aliphatic rings. The third-order valence-electron chi connectivity index (χ3n) is 5.70. The predicted octanol–water partition coefficient (Wildman–Crippen LogP) is 3.72. The zero-order chi connectivity index (χ0) is 19.7. The van der Waals surface area contributed by atoms with Crippen LogP contribution in [0.2, 0.25) is 5.02 Å². The number of carbonyl (C=O) groups is 2. The fraction of sp³-hybridized carbons (Fsp3) is 0.364. The Morgan fingerprint density at radius 2 is 1.79 bits per heavy atom. The zero-order valence-corrected chi connectivity index (χ0v) is 16.6. The SMILES string of the molecule is COc1ccc(C2CCN(C(=O)C3CC(=O)N(c4ccc(Cl)cc4)C3)C2)cc1. The summed E-state index contributed by atoms with van der Waals surface area (Å²) in [4.78, 5) is 29.1. The highest BCUT2D eigenvalue weighted by Gasteiger charge is 2.39. The lowest BCUT2D eigenvalue weighted by molar-refractivity contribution is -0.134. The van der Waals surface area contributed by atoms with Crippen molar-refractivity contribution in [1.82, 2.24) is 4.90 Å². The molecule has 0 aliphatic carbocycles. The molecule has 2 aliphatic heterocycles. The van der Waals surface area contributed by atoms with E-state index in [2.05, 4.69) is 12.1 Å². The number of amides is 2. The maximum Gasteiger partial charge on any atom is 0.228 e. The minimum Gasteiger partial charge on any atom is -0.497 e. The molecule has 28 heavy (non-hydrogen) atoms. The van der Waals surface area contributed by atoms with Gasteiger partial charge in [0.25, 0.3) is 0 Å². The van der Waals surface area contributed by atoms with Crippen molar-refractivity contribution in [2.45, 2.75) is 18.8 Å². The van der Waals surface area contributed by atoms with Crippen LogP contribution in [-0.2, 0) is 9.59 Å². The number of anilines is 1. The normalized spacial score (nSPS) is 22.0. The maximum absolute atomic E-state index is 13.0. The van der Waals surface area contributed by atoms with Gasteiger partial charge in [0.2, 0.25) is 11.8 Å². The van der Waals surface area contributed by atoms with E-state index in [-0.39, 0.29) is 24.2 Å². The molecule has 0 N–H and O–H groups in total. The van der Waals surface area contributed by atoms with E-state index < -0.39 is 0 Å². The highest BCUT2D eigenvalue weighted by molar-refractivity contribution is 6.30. The summed E-state index contributed by atoms with van der Waals surface area (Å²) in [7, 11) is 1.65. The van der Waals surface area contributed by atoms with Crippen molar-refractivity contribution < 1.29 is 14.3 Å². The second-order valence-corrected chi connectivity index (χ2v) is 7.86. The number of rotatable bonds is 4. The second kappa shape index (κ2) is 7.84. The average molecular weight is 399 g/mol. The fourth-order valence-electron chi connectivity index (χ4n) is 4.11. The Morgan fingerprint density at radius 1 is 1.07 bits per heavy atom. The van der Waals surface area contributed by atoms with Gasteiger partial charge in [0.05, 0.1) is 13.0 Å². The van der Waals surface area contributed by atoms with Gasteiger partial charge in [-0.3, -0.25) is 9.59 Å². The van der Waals surface area contributed by atoms with Crippen molar-refractivity contribution >= 4 is 29.1 Å². The molecule has 2 saturated heterocycles. The van der Waals surface area contributed by atoms with Crippen LogP contribution in [0, 0.1) is 5.92 Å². The Hall–Kier alpha value is -2.53. The number of methoxy groups -OCH3 is 1. The van der Waals surface area contributed by atoms with Crippen molar-refractivity contribution in [3.8, 4) is 5.75 Å². The largest absolute Gasteiger partial charge is 0.497 e. The van der Waals surface area contributed by atoms with Gasteiger partial charge in [-0.15, -0.1) is 0 Å². The summed E-state index contributed by atoms with van der Waals surface area (Å²) in [6.07, 6.45) is 1.21. The predicted molar refractivity (Wildman–Crippen MR) is 109 cm³/mol. The number of likely N-dealkylation sites (tertiary alicyclic amines) is 1. The van der Waals surface area contributed by atoms with Gasteiger partial charge in [0.1, 0.15) is 5.75 Å². The first-order valence-corrected chi connectivity index (χ1v) is 9.91. The maximum atomic E-state index is 13.0. The quantitative estimate of drug-likeness (QED) is 0.788. The Balaban J connectivity index is 1.39. The van der Waals surface area contributed by atoms with Gasteiger partial charge >= 0.3 is 0 Å². The summed E-state index contributed by atoms with van der Waals surface area (Å²) >= 11 is 5.93. The van der Waals surface area contributed by atoms with Crippen LogP contribution in [0.1, 0.15) is 24.3 Å². The van der Waals surface area contributed by atoms with E-state index in [0.717, 1.165) is 24.4 Å². The summed E-state index contributed by atoms with van der Waals surface area (Å²) in [6, 6.07) is 15.2. The Bertz CT molecular complexity index is 866. The Labute approximate surface area is 169 Å². The van der Waals surface area contributed by atoms with E-state index >= 15 is 0 Å². The minimum atomic E-state index is -0.280. The number of carbonyl (C=O) groups excluding carboxylic acids is 2. The molecule has 0 spiro atoms. The highest BCUT2D eigenvalue weighted by Crippen LogP contribution is 2.32. The molecule has 2 aromatic carbocycles.